The highest BCUT2D eigenvalue weighted by molar-refractivity contribution is 5.94. The first-order chi connectivity index (χ1) is 14.4. The van der Waals surface area contributed by atoms with Crippen molar-refractivity contribution in [1.82, 2.24) is 24.6 Å². The summed E-state index contributed by atoms with van der Waals surface area (Å²) in [6.45, 7) is 8.08. The quantitative estimate of drug-likeness (QED) is 0.710. The summed E-state index contributed by atoms with van der Waals surface area (Å²) in [5, 5.41) is 7.66. The average molecular weight is 415 g/mol. The highest BCUT2D eigenvalue weighted by atomic mass is 16.2. The Kier molecular flexibility index (Phi) is 7.31. The minimum absolute atomic E-state index is 0.0382. The van der Waals surface area contributed by atoms with Gasteiger partial charge in [0.1, 0.15) is 5.82 Å². The number of fused-ring (bicyclic) bond motifs is 1. The van der Waals surface area contributed by atoms with Gasteiger partial charge in [-0.05, 0) is 65.0 Å². The standard InChI is InChI=1S/C22H34N6O2/c1-5-26(6-2)19-10-7-17(8-11-19)21(29)23-18-9-12-20-24-28(16-15-25(3)4)22(30)27(20)14-13-18/h7-8,10-11,18H,5-6,9,12-16H2,1-4H3,(H,23,29). The molecule has 0 spiro atoms. The second-order valence-electron chi connectivity index (χ2n) is 8.09. The number of benzene rings is 1. The Morgan fingerprint density at radius 2 is 1.87 bits per heavy atom. The predicted molar refractivity (Wildman–Crippen MR) is 119 cm³/mol. The first kappa shape index (κ1) is 22.1. The molecule has 0 fully saturated rings. The lowest BCUT2D eigenvalue weighted by molar-refractivity contribution is 0.0933. The molecule has 0 radical (unpaired) electrons. The smallest absolute Gasteiger partial charge is 0.345 e. The zero-order valence-electron chi connectivity index (χ0n) is 18.6. The molecule has 1 aromatic carbocycles. The van der Waals surface area contributed by atoms with Crippen molar-refractivity contribution < 1.29 is 4.79 Å². The van der Waals surface area contributed by atoms with Gasteiger partial charge in [-0.1, -0.05) is 0 Å². The molecule has 0 saturated carbocycles. The number of carbonyl (C=O) groups excluding carboxylic acids is 1. The second-order valence-corrected chi connectivity index (χ2v) is 8.09. The molecule has 8 nitrogen and oxygen atoms in total. The summed E-state index contributed by atoms with van der Waals surface area (Å²) in [7, 11) is 3.97. The van der Waals surface area contributed by atoms with Crippen LogP contribution in [0.1, 0.15) is 42.9 Å². The largest absolute Gasteiger partial charge is 0.372 e. The van der Waals surface area contributed by atoms with Crippen LogP contribution in [-0.2, 0) is 19.5 Å². The lowest BCUT2D eigenvalue weighted by Gasteiger charge is -2.21. The minimum Gasteiger partial charge on any atom is -0.372 e. The summed E-state index contributed by atoms with van der Waals surface area (Å²) in [5.74, 6) is 0.758. The van der Waals surface area contributed by atoms with Crippen LogP contribution in [0, 0.1) is 0 Å². The van der Waals surface area contributed by atoms with Crippen molar-refractivity contribution in [3.05, 3.63) is 46.1 Å². The van der Waals surface area contributed by atoms with E-state index in [1.165, 1.54) is 0 Å². The highest BCUT2D eigenvalue weighted by Crippen LogP contribution is 2.16. The van der Waals surface area contributed by atoms with Crippen molar-refractivity contribution >= 4 is 11.6 Å². The lowest BCUT2D eigenvalue weighted by Crippen LogP contribution is -2.36. The van der Waals surface area contributed by atoms with Crippen LogP contribution in [0.3, 0.4) is 0 Å². The van der Waals surface area contributed by atoms with Gasteiger partial charge in [-0.25, -0.2) is 9.48 Å². The van der Waals surface area contributed by atoms with Crippen molar-refractivity contribution in [1.29, 1.82) is 0 Å². The van der Waals surface area contributed by atoms with Crippen LogP contribution in [0.25, 0.3) is 0 Å². The number of anilines is 1. The molecule has 8 heteroatoms. The number of rotatable bonds is 8. The predicted octanol–water partition coefficient (Wildman–Crippen LogP) is 1.59. The van der Waals surface area contributed by atoms with E-state index in [2.05, 4.69) is 29.2 Å². The SMILES string of the molecule is CCN(CC)c1ccc(C(=O)NC2CCc3nn(CCN(C)C)c(=O)n3CC2)cc1. The van der Waals surface area contributed by atoms with Crippen molar-refractivity contribution in [2.24, 2.45) is 0 Å². The molecule has 1 N–H and O–H groups in total. The van der Waals surface area contributed by atoms with Crippen LogP contribution in [0.2, 0.25) is 0 Å². The number of nitrogens with one attached hydrogen (secondary N) is 1. The van der Waals surface area contributed by atoms with E-state index in [0.29, 0.717) is 25.1 Å². The Morgan fingerprint density at radius 3 is 2.50 bits per heavy atom. The van der Waals surface area contributed by atoms with Gasteiger partial charge in [0.25, 0.3) is 5.91 Å². The molecule has 0 aliphatic carbocycles. The van der Waals surface area contributed by atoms with E-state index in [0.717, 1.165) is 44.0 Å². The lowest BCUT2D eigenvalue weighted by atomic mass is 10.1. The molecule has 0 bridgehead atoms. The van der Waals surface area contributed by atoms with Crippen LogP contribution in [0.4, 0.5) is 5.69 Å². The fourth-order valence-electron chi connectivity index (χ4n) is 3.89. The van der Waals surface area contributed by atoms with Gasteiger partial charge in [-0.15, -0.1) is 0 Å². The van der Waals surface area contributed by atoms with E-state index >= 15 is 0 Å². The van der Waals surface area contributed by atoms with Crippen molar-refractivity contribution in [3.8, 4) is 0 Å². The summed E-state index contributed by atoms with van der Waals surface area (Å²) in [6, 6.07) is 7.81. The number of hydrogen-bond donors (Lipinski definition) is 1. The molecule has 30 heavy (non-hydrogen) atoms. The van der Waals surface area contributed by atoms with E-state index in [9.17, 15) is 9.59 Å². The minimum atomic E-state index is -0.0611. The van der Waals surface area contributed by atoms with Crippen LogP contribution >= 0.6 is 0 Å². The maximum atomic E-state index is 12.7. The molecule has 3 rings (SSSR count). The molecule has 2 aromatic rings. The van der Waals surface area contributed by atoms with E-state index in [4.69, 9.17) is 0 Å². The molecule has 1 unspecified atom stereocenters. The Bertz CT molecular complexity index is 895. The molecule has 1 amide bonds. The summed E-state index contributed by atoms with van der Waals surface area (Å²) in [4.78, 5) is 29.6. The van der Waals surface area contributed by atoms with Crippen molar-refractivity contribution in [3.63, 3.8) is 0 Å². The number of nitrogens with zero attached hydrogens (tertiary/aromatic N) is 5. The molecule has 1 aliphatic rings. The molecule has 1 atom stereocenters. The maximum Gasteiger partial charge on any atom is 0.345 e. The zero-order chi connectivity index (χ0) is 21.7. The van der Waals surface area contributed by atoms with Gasteiger partial charge in [0.15, 0.2) is 0 Å². The van der Waals surface area contributed by atoms with E-state index in [1.54, 1.807) is 9.25 Å². The Balaban J connectivity index is 1.59. The number of hydrogen-bond acceptors (Lipinski definition) is 5. The first-order valence-corrected chi connectivity index (χ1v) is 10.9. The number of aryl methyl sites for hydroxylation is 1. The monoisotopic (exact) mass is 414 g/mol. The summed E-state index contributed by atoms with van der Waals surface area (Å²) < 4.78 is 3.33. The van der Waals surface area contributed by atoms with E-state index < -0.39 is 0 Å². The summed E-state index contributed by atoms with van der Waals surface area (Å²) in [6.07, 6.45) is 2.21. The van der Waals surface area contributed by atoms with Gasteiger partial charge in [0, 0.05) is 49.9 Å². The normalized spacial score (nSPS) is 16.2. The fourth-order valence-corrected chi connectivity index (χ4v) is 3.89. The molecule has 0 saturated heterocycles. The van der Waals surface area contributed by atoms with Gasteiger partial charge in [-0.3, -0.25) is 9.36 Å². The molecule has 1 aromatic heterocycles. The highest BCUT2D eigenvalue weighted by Gasteiger charge is 2.22. The molecule has 1 aliphatic heterocycles. The summed E-state index contributed by atoms with van der Waals surface area (Å²) in [5.41, 5.74) is 1.74. The average Bonchev–Trinajstić information content (AvgIpc) is 2.90. The Labute approximate surface area is 178 Å². The van der Waals surface area contributed by atoms with Gasteiger partial charge < -0.3 is 15.1 Å². The first-order valence-electron chi connectivity index (χ1n) is 10.9. The Morgan fingerprint density at radius 1 is 1.17 bits per heavy atom. The third-order valence-electron chi connectivity index (χ3n) is 5.77. The number of amides is 1. The maximum absolute atomic E-state index is 12.7. The van der Waals surface area contributed by atoms with Crippen molar-refractivity contribution in [2.45, 2.75) is 52.2 Å². The van der Waals surface area contributed by atoms with Crippen LogP contribution in [0.5, 0.6) is 0 Å². The van der Waals surface area contributed by atoms with Crippen LogP contribution < -0.4 is 15.9 Å². The zero-order valence-corrected chi connectivity index (χ0v) is 18.6. The number of aromatic nitrogens is 3. The topological polar surface area (TPSA) is 75.4 Å². The van der Waals surface area contributed by atoms with Gasteiger partial charge >= 0.3 is 5.69 Å². The molecule has 164 valence electrons. The molecular formula is C22H34N6O2. The van der Waals surface area contributed by atoms with Gasteiger partial charge in [-0.2, -0.15) is 5.10 Å². The van der Waals surface area contributed by atoms with E-state index in [1.807, 2.05) is 43.3 Å². The van der Waals surface area contributed by atoms with Crippen LogP contribution in [-0.4, -0.2) is 64.9 Å². The third-order valence-corrected chi connectivity index (χ3v) is 5.77. The molecule has 2 heterocycles. The number of carbonyl (C=O) groups is 1. The van der Waals surface area contributed by atoms with Gasteiger partial charge in [0.05, 0.1) is 6.54 Å². The van der Waals surface area contributed by atoms with Gasteiger partial charge in [0.2, 0.25) is 0 Å². The Hall–Kier alpha value is -2.61. The van der Waals surface area contributed by atoms with Crippen molar-refractivity contribution in [2.75, 3.05) is 38.6 Å². The van der Waals surface area contributed by atoms with E-state index in [-0.39, 0.29) is 17.6 Å². The summed E-state index contributed by atoms with van der Waals surface area (Å²) >= 11 is 0. The number of likely N-dealkylation sites (N-methyl/N-ethyl adjacent to an activating group) is 1. The fraction of sp³-hybridized carbons (Fsp3) is 0.591. The third kappa shape index (κ3) is 5.11. The molecular weight excluding hydrogens is 380 g/mol. The second kappa shape index (κ2) is 9.93. The van der Waals surface area contributed by atoms with Crippen LogP contribution in [0.15, 0.2) is 29.1 Å².